The summed E-state index contributed by atoms with van der Waals surface area (Å²) in [5, 5.41) is 0.851. The minimum absolute atomic E-state index is 0.311. The van der Waals surface area contributed by atoms with Crippen molar-refractivity contribution in [3.8, 4) is 0 Å². The van der Waals surface area contributed by atoms with Crippen LogP contribution in [0.3, 0.4) is 0 Å². The van der Waals surface area contributed by atoms with E-state index in [0.717, 1.165) is 16.2 Å². The van der Waals surface area contributed by atoms with E-state index in [1.54, 1.807) is 24.4 Å². The smallest absolute Gasteiger partial charge is 0.232 e. The van der Waals surface area contributed by atoms with Crippen LogP contribution in [0, 0.1) is 5.92 Å². The molecule has 0 amide bonds. The Morgan fingerprint density at radius 1 is 1.22 bits per heavy atom. The first-order valence-electron chi connectivity index (χ1n) is 5.74. The summed E-state index contributed by atoms with van der Waals surface area (Å²) < 4.78 is 24.5. The van der Waals surface area contributed by atoms with E-state index in [0.29, 0.717) is 22.1 Å². The topological polar surface area (TPSA) is 47.0 Å². The number of hydrogen-bond acceptors (Lipinski definition) is 4. The number of benzene rings is 1. The Morgan fingerprint density at radius 3 is 2.67 bits per heavy atom. The Bertz CT molecular complexity index is 646. The first-order chi connectivity index (χ1) is 8.50. The lowest BCUT2D eigenvalue weighted by atomic mass is 10.2. The highest BCUT2D eigenvalue weighted by atomic mass is 33.1. The molecule has 1 aromatic heterocycles. The molecule has 0 spiro atoms. The van der Waals surface area contributed by atoms with Gasteiger partial charge in [-0.1, -0.05) is 32.0 Å². The summed E-state index contributed by atoms with van der Waals surface area (Å²) in [5.74, 6) is 0.929. The second-order valence-electron chi connectivity index (χ2n) is 4.46. The Morgan fingerprint density at radius 2 is 1.94 bits per heavy atom. The molecule has 0 bridgehead atoms. The molecule has 0 unspecified atom stereocenters. The van der Waals surface area contributed by atoms with Crippen molar-refractivity contribution in [3.63, 3.8) is 0 Å². The molecule has 96 valence electrons. The van der Waals surface area contributed by atoms with Gasteiger partial charge in [0, 0.05) is 17.3 Å². The third kappa shape index (κ3) is 2.84. The van der Waals surface area contributed by atoms with Gasteiger partial charge in [-0.15, -0.1) is 0 Å². The van der Waals surface area contributed by atoms with Gasteiger partial charge in [-0.05, 0) is 28.8 Å². The third-order valence-corrected chi connectivity index (χ3v) is 6.28. The van der Waals surface area contributed by atoms with Crippen molar-refractivity contribution < 1.29 is 8.42 Å². The van der Waals surface area contributed by atoms with Gasteiger partial charge in [0.2, 0.25) is 8.87 Å². The molecule has 0 aliphatic rings. The zero-order valence-electron chi connectivity index (χ0n) is 10.3. The van der Waals surface area contributed by atoms with Gasteiger partial charge in [0.25, 0.3) is 0 Å². The normalized spacial score (nSPS) is 12.2. The summed E-state index contributed by atoms with van der Waals surface area (Å²) in [7, 11) is -2.34. The fourth-order valence-electron chi connectivity index (χ4n) is 1.57. The van der Waals surface area contributed by atoms with Gasteiger partial charge in [-0.3, -0.25) is 4.98 Å². The number of aromatic nitrogens is 1. The highest BCUT2D eigenvalue weighted by Gasteiger charge is 2.19. The second kappa shape index (κ2) is 5.28. The lowest BCUT2D eigenvalue weighted by molar-refractivity contribution is 0.610. The van der Waals surface area contributed by atoms with E-state index < -0.39 is 8.87 Å². The molecule has 2 aromatic rings. The minimum atomic E-state index is -3.33. The van der Waals surface area contributed by atoms with E-state index in [-0.39, 0.29) is 0 Å². The van der Waals surface area contributed by atoms with Crippen molar-refractivity contribution in [1.29, 1.82) is 0 Å². The van der Waals surface area contributed by atoms with Crippen molar-refractivity contribution in [2.45, 2.75) is 18.7 Å². The van der Waals surface area contributed by atoms with Crippen LogP contribution in [0.5, 0.6) is 0 Å². The first kappa shape index (κ1) is 13.4. The number of hydrogen-bond donors (Lipinski definition) is 0. The Balaban J connectivity index is 2.47. The molecule has 1 aromatic carbocycles. The van der Waals surface area contributed by atoms with Crippen molar-refractivity contribution >= 4 is 30.6 Å². The van der Waals surface area contributed by atoms with Crippen LogP contribution in [0.15, 0.2) is 41.4 Å². The predicted octanol–water partition coefficient (Wildman–Crippen LogP) is 3.31. The summed E-state index contributed by atoms with van der Waals surface area (Å²) in [6.45, 7) is 4.01. The molecule has 2 rings (SSSR count). The standard InChI is InChI=1S/C13H15NO2S2/c1-10(2)9-17-18(15,16)12-7-3-5-11-6-4-8-14-13(11)12/h3-8,10H,9H2,1-2H3. The molecule has 0 radical (unpaired) electrons. The van der Waals surface area contributed by atoms with Gasteiger partial charge in [0.05, 0.1) is 5.52 Å². The van der Waals surface area contributed by atoms with Crippen LogP contribution in [-0.4, -0.2) is 19.2 Å². The molecule has 0 N–H and O–H groups in total. The number of fused-ring (bicyclic) bond motifs is 1. The molecule has 0 saturated heterocycles. The first-order valence-corrected chi connectivity index (χ1v) is 8.72. The van der Waals surface area contributed by atoms with Crippen molar-refractivity contribution in [2.24, 2.45) is 5.92 Å². The van der Waals surface area contributed by atoms with E-state index >= 15 is 0 Å². The number of para-hydroxylation sites is 1. The Kier molecular flexibility index (Phi) is 3.92. The van der Waals surface area contributed by atoms with Crippen molar-refractivity contribution in [3.05, 3.63) is 36.5 Å². The largest absolute Gasteiger partial charge is 0.255 e. The lowest BCUT2D eigenvalue weighted by Gasteiger charge is -2.08. The maximum absolute atomic E-state index is 12.3. The molecule has 0 atom stereocenters. The summed E-state index contributed by atoms with van der Waals surface area (Å²) in [6.07, 6.45) is 1.62. The zero-order valence-corrected chi connectivity index (χ0v) is 12.0. The van der Waals surface area contributed by atoms with Crippen LogP contribution < -0.4 is 0 Å². The summed E-state index contributed by atoms with van der Waals surface area (Å²) in [5.41, 5.74) is 0.552. The van der Waals surface area contributed by atoms with Crippen LogP contribution in [0.25, 0.3) is 10.9 Å². The molecule has 0 fully saturated rings. The molecule has 5 heteroatoms. The van der Waals surface area contributed by atoms with Crippen LogP contribution in [0.4, 0.5) is 0 Å². The third-order valence-electron chi connectivity index (χ3n) is 2.42. The molecule has 3 nitrogen and oxygen atoms in total. The molecule has 18 heavy (non-hydrogen) atoms. The average Bonchev–Trinajstić information content (AvgIpc) is 2.36. The van der Waals surface area contributed by atoms with Crippen molar-refractivity contribution in [2.75, 3.05) is 5.75 Å². The summed E-state index contributed by atoms with van der Waals surface area (Å²) in [4.78, 5) is 4.49. The minimum Gasteiger partial charge on any atom is -0.255 e. The number of pyridine rings is 1. The van der Waals surface area contributed by atoms with Gasteiger partial charge in [-0.25, -0.2) is 8.42 Å². The molecule has 0 aliphatic carbocycles. The predicted molar refractivity (Wildman–Crippen MR) is 76.2 cm³/mol. The average molecular weight is 281 g/mol. The van der Waals surface area contributed by atoms with Gasteiger partial charge in [-0.2, -0.15) is 0 Å². The quantitative estimate of drug-likeness (QED) is 0.807. The van der Waals surface area contributed by atoms with Crippen LogP contribution in [-0.2, 0) is 8.87 Å². The maximum atomic E-state index is 12.3. The van der Waals surface area contributed by atoms with E-state index in [9.17, 15) is 8.42 Å². The van der Waals surface area contributed by atoms with Gasteiger partial charge in [0.1, 0.15) is 4.90 Å². The van der Waals surface area contributed by atoms with E-state index in [2.05, 4.69) is 4.98 Å². The Labute approximate surface area is 111 Å². The van der Waals surface area contributed by atoms with Crippen LogP contribution in [0.2, 0.25) is 0 Å². The summed E-state index contributed by atoms with van der Waals surface area (Å²) >= 11 is 0. The second-order valence-corrected chi connectivity index (χ2v) is 8.40. The lowest BCUT2D eigenvalue weighted by Crippen LogP contribution is -2.01. The highest BCUT2D eigenvalue weighted by Crippen LogP contribution is 2.29. The SMILES string of the molecule is CC(C)CSS(=O)(=O)c1cccc2cccnc12. The fraction of sp³-hybridized carbons (Fsp3) is 0.308. The number of nitrogens with zero attached hydrogens (tertiary/aromatic N) is 1. The molecular formula is C13H15NO2S2. The van der Waals surface area contributed by atoms with Gasteiger partial charge in [0.15, 0.2) is 0 Å². The number of rotatable bonds is 4. The molecule has 0 aliphatic heterocycles. The van der Waals surface area contributed by atoms with Gasteiger partial charge >= 0.3 is 0 Å². The maximum Gasteiger partial charge on any atom is 0.232 e. The van der Waals surface area contributed by atoms with E-state index in [1.807, 2.05) is 26.0 Å². The van der Waals surface area contributed by atoms with Gasteiger partial charge < -0.3 is 0 Å². The zero-order chi connectivity index (χ0) is 13.2. The molecule has 1 heterocycles. The molecular weight excluding hydrogens is 266 g/mol. The van der Waals surface area contributed by atoms with E-state index in [1.165, 1.54) is 0 Å². The Hall–Kier alpha value is -1.07. The summed E-state index contributed by atoms with van der Waals surface area (Å²) in [6, 6.07) is 8.92. The van der Waals surface area contributed by atoms with Crippen molar-refractivity contribution in [1.82, 2.24) is 4.98 Å². The van der Waals surface area contributed by atoms with Crippen LogP contribution in [0.1, 0.15) is 13.8 Å². The van der Waals surface area contributed by atoms with Crippen LogP contribution >= 0.6 is 10.8 Å². The fourth-order valence-corrected chi connectivity index (χ4v) is 4.94. The molecule has 0 saturated carbocycles. The van der Waals surface area contributed by atoms with E-state index in [4.69, 9.17) is 0 Å². The highest BCUT2D eigenvalue weighted by molar-refractivity contribution is 8.72. The monoisotopic (exact) mass is 281 g/mol.